The van der Waals surface area contributed by atoms with Crippen LogP contribution in [0.2, 0.25) is 0 Å². The third-order valence-corrected chi connectivity index (χ3v) is 3.30. The summed E-state index contributed by atoms with van der Waals surface area (Å²) in [7, 11) is 0. The average Bonchev–Trinajstić information content (AvgIpc) is 2.53. The van der Waals surface area contributed by atoms with E-state index in [2.05, 4.69) is 9.97 Å². The first kappa shape index (κ1) is 17.2. The van der Waals surface area contributed by atoms with Crippen LogP contribution in [0.1, 0.15) is 31.7 Å². The summed E-state index contributed by atoms with van der Waals surface area (Å²) in [5, 5.41) is 20.1. The molecule has 8 heteroatoms. The molecule has 1 aromatic carbocycles. The molecule has 1 heterocycles. The number of nitrogens with zero attached hydrogens (tertiary/aromatic N) is 2. The van der Waals surface area contributed by atoms with Gasteiger partial charge in [-0.2, -0.15) is 4.98 Å². The van der Waals surface area contributed by atoms with Gasteiger partial charge >= 0.3 is 11.2 Å². The van der Waals surface area contributed by atoms with E-state index in [-0.39, 0.29) is 11.9 Å². The zero-order chi connectivity index (χ0) is 17.7. The maximum Gasteiger partial charge on any atom is 0.395 e. The van der Waals surface area contributed by atoms with Gasteiger partial charge in [0.2, 0.25) is 0 Å². The molecule has 0 saturated carbocycles. The molecule has 0 aliphatic heterocycles. The predicted octanol–water partition coefficient (Wildman–Crippen LogP) is 2.73. The minimum absolute atomic E-state index is 0.0167. The standard InChI is InChI=1S/C16H17N3O5/c1-3-10(2)24-12-7-4-11(5-8-12)6-9-13-17-15(20)14(19(22)23)16(21)18-13/h4-10H,3H2,1-2H3,(H2,17,18,20,21)/b9-6+. The van der Waals surface area contributed by atoms with Crippen LogP contribution in [0.4, 0.5) is 5.69 Å². The SMILES string of the molecule is CCC(C)Oc1ccc(/C=C/c2nc(O)c([N+](=O)[O-])c(=O)[nH]2)cc1. The van der Waals surface area contributed by atoms with Crippen molar-refractivity contribution >= 4 is 17.8 Å². The smallest absolute Gasteiger partial charge is 0.395 e. The normalized spacial score (nSPS) is 12.2. The minimum atomic E-state index is -1.01. The van der Waals surface area contributed by atoms with Crippen molar-refractivity contribution in [3.8, 4) is 11.6 Å². The van der Waals surface area contributed by atoms with Gasteiger partial charge in [0.05, 0.1) is 11.0 Å². The lowest BCUT2D eigenvalue weighted by Crippen LogP contribution is -2.14. The van der Waals surface area contributed by atoms with Crippen molar-refractivity contribution in [1.82, 2.24) is 9.97 Å². The number of aromatic nitrogens is 2. The summed E-state index contributed by atoms with van der Waals surface area (Å²) in [6, 6.07) is 7.26. The van der Waals surface area contributed by atoms with Gasteiger partial charge in [-0.25, -0.2) is 0 Å². The lowest BCUT2D eigenvalue weighted by molar-refractivity contribution is -0.387. The van der Waals surface area contributed by atoms with Gasteiger partial charge in [-0.15, -0.1) is 0 Å². The highest BCUT2D eigenvalue weighted by molar-refractivity contribution is 5.67. The molecule has 0 aliphatic carbocycles. The van der Waals surface area contributed by atoms with Crippen molar-refractivity contribution < 1.29 is 14.8 Å². The van der Waals surface area contributed by atoms with Crippen LogP contribution in [0, 0.1) is 10.1 Å². The van der Waals surface area contributed by atoms with E-state index in [4.69, 9.17) is 4.74 Å². The Labute approximate surface area is 137 Å². The number of hydrogen-bond acceptors (Lipinski definition) is 6. The van der Waals surface area contributed by atoms with Crippen molar-refractivity contribution in [3.63, 3.8) is 0 Å². The zero-order valence-corrected chi connectivity index (χ0v) is 13.2. The number of ether oxygens (including phenoxy) is 1. The van der Waals surface area contributed by atoms with E-state index in [9.17, 15) is 20.0 Å². The van der Waals surface area contributed by atoms with Crippen molar-refractivity contribution in [3.05, 3.63) is 56.1 Å². The van der Waals surface area contributed by atoms with E-state index in [0.717, 1.165) is 17.7 Å². The van der Waals surface area contributed by atoms with Gasteiger partial charge in [0.1, 0.15) is 11.6 Å². The van der Waals surface area contributed by atoms with Crippen LogP contribution in [-0.4, -0.2) is 26.1 Å². The Morgan fingerprint density at radius 1 is 1.38 bits per heavy atom. The van der Waals surface area contributed by atoms with Crippen LogP contribution in [0.3, 0.4) is 0 Å². The maximum atomic E-state index is 11.5. The fraction of sp³-hybridized carbons (Fsp3) is 0.250. The van der Waals surface area contributed by atoms with Crippen LogP contribution in [-0.2, 0) is 0 Å². The molecule has 0 bridgehead atoms. The Hall–Kier alpha value is -3.16. The van der Waals surface area contributed by atoms with E-state index in [0.29, 0.717) is 0 Å². The van der Waals surface area contributed by atoms with Gasteiger partial charge in [0.15, 0.2) is 0 Å². The highest BCUT2D eigenvalue weighted by atomic mass is 16.6. The number of hydrogen-bond donors (Lipinski definition) is 2. The van der Waals surface area contributed by atoms with Gasteiger partial charge in [-0.05, 0) is 37.1 Å². The Bertz CT molecular complexity index is 811. The number of nitrogens with one attached hydrogen (secondary N) is 1. The van der Waals surface area contributed by atoms with E-state index in [1.54, 1.807) is 6.08 Å². The summed E-state index contributed by atoms with van der Waals surface area (Å²) in [5.74, 6) is -0.148. The molecule has 2 N–H and O–H groups in total. The molecule has 24 heavy (non-hydrogen) atoms. The summed E-state index contributed by atoms with van der Waals surface area (Å²) in [4.78, 5) is 27.0. The number of aromatic hydroxyl groups is 1. The minimum Gasteiger partial charge on any atom is -0.491 e. The summed E-state index contributed by atoms with van der Waals surface area (Å²) in [5.41, 5.74) is -1.17. The second-order valence-corrected chi connectivity index (χ2v) is 5.12. The van der Waals surface area contributed by atoms with Crippen LogP contribution in [0.25, 0.3) is 12.2 Å². The first-order chi connectivity index (χ1) is 11.4. The Kier molecular flexibility index (Phi) is 5.31. The third-order valence-electron chi connectivity index (χ3n) is 3.30. The topological polar surface area (TPSA) is 118 Å². The van der Waals surface area contributed by atoms with Gasteiger partial charge in [0.25, 0.3) is 5.88 Å². The third kappa shape index (κ3) is 4.19. The largest absolute Gasteiger partial charge is 0.491 e. The molecule has 8 nitrogen and oxygen atoms in total. The second-order valence-electron chi connectivity index (χ2n) is 5.12. The van der Waals surface area contributed by atoms with E-state index in [1.165, 1.54) is 6.08 Å². The molecule has 2 aromatic rings. The monoisotopic (exact) mass is 331 g/mol. The Morgan fingerprint density at radius 2 is 2.04 bits per heavy atom. The van der Waals surface area contributed by atoms with Gasteiger partial charge in [-0.3, -0.25) is 14.9 Å². The van der Waals surface area contributed by atoms with Gasteiger partial charge in [0, 0.05) is 0 Å². The molecule has 2 rings (SSSR count). The molecule has 1 aromatic heterocycles. The van der Waals surface area contributed by atoms with Crippen molar-refractivity contribution in [1.29, 1.82) is 0 Å². The molecule has 126 valence electrons. The fourth-order valence-electron chi connectivity index (χ4n) is 1.86. The van der Waals surface area contributed by atoms with E-state index in [1.807, 2.05) is 38.1 Å². The van der Waals surface area contributed by atoms with Crippen molar-refractivity contribution in [2.24, 2.45) is 0 Å². The molecule has 0 aliphatic rings. The molecule has 1 unspecified atom stereocenters. The number of rotatable bonds is 6. The predicted molar refractivity (Wildman–Crippen MR) is 88.9 cm³/mol. The molecule has 0 amide bonds. The quantitative estimate of drug-likeness (QED) is 0.620. The number of H-pyrrole nitrogens is 1. The van der Waals surface area contributed by atoms with E-state index < -0.39 is 22.0 Å². The number of benzene rings is 1. The van der Waals surface area contributed by atoms with E-state index >= 15 is 0 Å². The Morgan fingerprint density at radius 3 is 2.58 bits per heavy atom. The highest BCUT2D eigenvalue weighted by Crippen LogP contribution is 2.18. The average molecular weight is 331 g/mol. The Balaban J connectivity index is 2.16. The highest BCUT2D eigenvalue weighted by Gasteiger charge is 2.21. The fourth-order valence-corrected chi connectivity index (χ4v) is 1.86. The van der Waals surface area contributed by atoms with Gasteiger partial charge in [-0.1, -0.05) is 25.1 Å². The molecule has 0 radical (unpaired) electrons. The van der Waals surface area contributed by atoms with Crippen molar-refractivity contribution in [2.45, 2.75) is 26.4 Å². The van der Waals surface area contributed by atoms with Crippen LogP contribution >= 0.6 is 0 Å². The summed E-state index contributed by atoms with van der Waals surface area (Å²) < 4.78 is 5.67. The van der Waals surface area contributed by atoms with Crippen molar-refractivity contribution in [2.75, 3.05) is 0 Å². The molecule has 0 saturated heterocycles. The van der Waals surface area contributed by atoms with Crippen LogP contribution in [0.5, 0.6) is 11.6 Å². The molecule has 0 spiro atoms. The van der Waals surface area contributed by atoms with Crippen LogP contribution in [0.15, 0.2) is 29.1 Å². The molecular weight excluding hydrogens is 314 g/mol. The lowest BCUT2D eigenvalue weighted by atomic mass is 10.2. The zero-order valence-electron chi connectivity index (χ0n) is 13.2. The maximum absolute atomic E-state index is 11.5. The lowest BCUT2D eigenvalue weighted by Gasteiger charge is -2.12. The summed E-state index contributed by atoms with van der Waals surface area (Å²) >= 11 is 0. The second kappa shape index (κ2) is 7.40. The van der Waals surface area contributed by atoms with Crippen LogP contribution < -0.4 is 10.3 Å². The molecular formula is C16H17N3O5. The molecule has 1 atom stereocenters. The molecule has 0 fully saturated rings. The summed E-state index contributed by atoms with van der Waals surface area (Å²) in [6.45, 7) is 4.02. The first-order valence-electron chi connectivity index (χ1n) is 7.33. The number of nitro groups is 1. The van der Waals surface area contributed by atoms with Gasteiger partial charge < -0.3 is 14.8 Å². The first-order valence-corrected chi connectivity index (χ1v) is 7.33. The number of aromatic amines is 1. The summed E-state index contributed by atoms with van der Waals surface area (Å²) in [6.07, 6.45) is 4.12.